The molecular formula is C10H19N3O4S. The highest BCUT2D eigenvalue weighted by molar-refractivity contribution is 7.91. The summed E-state index contributed by atoms with van der Waals surface area (Å²) >= 11 is 0. The molecule has 1 saturated heterocycles. The molecule has 1 heterocycles. The number of nitrogens with one attached hydrogen (secondary N) is 1. The van der Waals surface area contributed by atoms with E-state index in [0.717, 1.165) is 0 Å². The van der Waals surface area contributed by atoms with Gasteiger partial charge in [-0.1, -0.05) is 5.16 Å². The first-order chi connectivity index (χ1) is 8.19. The van der Waals surface area contributed by atoms with Crippen molar-refractivity contribution in [3.05, 3.63) is 0 Å². The van der Waals surface area contributed by atoms with Crippen molar-refractivity contribution in [2.45, 2.75) is 20.3 Å². The van der Waals surface area contributed by atoms with Gasteiger partial charge in [0, 0.05) is 6.54 Å². The van der Waals surface area contributed by atoms with Crippen molar-refractivity contribution in [3.8, 4) is 0 Å². The lowest BCUT2D eigenvalue weighted by atomic mass is 9.90. The van der Waals surface area contributed by atoms with Gasteiger partial charge >= 0.3 is 0 Å². The number of rotatable bonds is 4. The number of oxime groups is 1. The quantitative estimate of drug-likeness (QED) is 0.272. The summed E-state index contributed by atoms with van der Waals surface area (Å²) < 4.78 is 22.5. The Balaban J connectivity index is 2.52. The molecule has 1 fully saturated rings. The van der Waals surface area contributed by atoms with E-state index < -0.39 is 15.3 Å². The zero-order chi connectivity index (χ0) is 14.0. The Kier molecular flexibility index (Phi) is 4.20. The van der Waals surface area contributed by atoms with Crippen molar-refractivity contribution in [3.63, 3.8) is 0 Å². The molecule has 104 valence electrons. The molecule has 0 saturated carbocycles. The molecule has 18 heavy (non-hydrogen) atoms. The van der Waals surface area contributed by atoms with Crippen molar-refractivity contribution < 1.29 is 18.4 Å². The molecule has 0 aliphatic carbocycles. The third kappa shape index (κ3) is 3.34. The summed E-state index contributed by atoms with van der Waals surface area (Å²) in [5.74, 6) is -0.336. The Morgan fingerprint density at radius 3 is 2.61 bits per heavy atom. The lowest BCUT2D eigenvalue weighted by Crippen LogP contribution is -2.47. The third-order valence-electron chi connectivity index (χ3n) is 3.19. The van der Waals surface area contributed by atoms with E-state index in [1.165, 1.54) is 13.8 Å². The van der Waals surface area contributed by atoms with E-state index in [-0.39, 0.29) is 29.2 Å². The number of sulfone groups is 1. The maximum atomic E-state index is 11.9. The van der Waals surface area contributed by atoms with Crippen molar-refractivity contribution in [1.29, 1.82) is 0 Å². The minimum Gasteiger partial charge on any atom is -0.409 e. The van der Waals surface area contributed by atoms with Crippen LogP contribution in [0, 0.1) is 11.3 Å². The summed E-state index contributed by atoms with van der Waals surface area (Å²) in [5.41, 5.74) is 4.30. The SMILES string of the molecule is CC(C)(C(=O)NCC1CCS(=O)(=O)C1)C(N)=NO. The lowest BCUT2D eigenvalue weighted by molar-refractivity contribution is -0.126. The standard InChI is InChI=1S/C10H19N3O4S/c1-10(2,8(11)13-15)9(14)12-5-7-3-4-18(16,17)6-7/h7,15H,3-6H2,1-2H3,(H2,11,13)(H,12,14). The van der Waals surface area contributed by atoms with E-state index in [4.69, 9.17) is 10.9 Å². The summed E-state index contributed by atoms with van der Waals surface area (Å²) in [6.45, 7) is 3.35. The van der Waals surface area contributed by atoms with Crippen LogP contribution >= 0.6 is 0 Å². The van der Waals surface area contributed by atoms with Crippen LogP contribution in [0.3, 0.4) is 0 Å². The average Bonchev–Trinajstić information content (AvgIpc) is 2.64. The molecule has 0 spiro atoms. The molecule has 1 amide bonds. The summed E-state index contributed by atoms with van der Waals surface area (Å²) in [6.07, 6.45) is 0.562. The van der Waals surface area contributed by atoms with Crippen LogP contribution in [0.5, 0.6) is 0 Å². The molecule has 0 aromatic carbocycles. The molecule has 1 unspecified atom stereocenters. The summed E-state index contributed by atoms with van der Waals surface area (Å²) in [7, 11) is -2.94. The van der Waals surface area contributed by atoms with Crippen LogP contribution in [0.25, 0.3) is 0 Å². The normalized spacial score (nSPS) is 23.9. The first kappa shape index (κ1) is 14.7. The van der Waals surface area contributed by atoms with Gasteiger partial charge in [0.15, 0.2) is 15.7 Å². The molecule has 8 heteroatoms. The zero-order valence-electron chi connectivity index (χ0n) is 10.5. The lowest BCUT2D eigenvalue weighted by Gasteiger charge is -2.22. The smallest absolute Gasteiger partial charge is 0.233 e. The number of hydrogen-bond donors (Lipinski definition) is 3. The van der Waals surface area contributed by atoms with Gasteiger partial charge in [-0.05, 0) is 26.2 Å². The largest absolute Gasteiger partial charge is 0.409 e. The predicted molar refractivity (Wildman–Crippen MR) is 67.0 cm³/mol. The van der Waals surface area contributed by atoms with Crippen LogP contribution in [0.2, 0.25) is 0 Å². The summed E-state index contributed by atoms with van der Waals surface area (Å²) in [5, 5.41) is 14.0. The van der Waals surface area contributed by atoms with Gasteiger partial charge in [-0.25, -0.2) is 8.42 Å². The highest BCUT2D eigenvalue weighted by atomic mass is 32.2. The summed E-state index contributed by atoms with van der Waals surface area (Å²) in [4.78, 5) is 11.9. The Labute approximate surface area is 106 Å². The topological polar surface area (TPSA) is 122 Å². The van der Waals surface area contributed by atoms with Crippen molar-refractivity contribution in [2.24, 2.45) is 22.2 Å². The van der Waals surface area contributed by atoms with Crippen molar-refractivity contribution in [2.75, 3.05) is 18.1 Å². The molecule has 1 aliphatic heterocycles. The fourth-order valence-electron chi connectivity index (χ4n) is 1.73. The number of amides is 1. The number of hydrogen-bond acceptors (Lipinski definition) is 5. The molecule has 1 atom stereocenters. The minimum atomic E-state index is -2.94. The molecule has 7 nitrogen and oxygen atoms in total. The fraction of sp³-hybridized carbons (Fsp3) is 0.800. The fourth-order valence-corrected chi connectivity index (χ4v) is 3.59. The molecule has 0 aromatic rings. The second-order valence-corrected chi connectivity index (χ2v) is 7.32. The van der Waals surface area contributed by atoms with Gasteiger partial charge in [-0.15, -0.1) is 0 Å². The molecule has 4 N–H and O–H groups in total. The molecule has 1 rings (SSSR count). The van der Waals surface area contributed by atoms with E-state index in [0.29, 0.717) is 13.0 Å². The van der Waals surface area contributed by atoms with E-state index >= 15 is 0 Å². The van der Waals surface area contributed by atoms with Gasteiger partial charge in [-0.2, -0.15) is 0 Å². The summed E-state index contributed by atoms with van der Waals surface area (Å²) in [6, 6.07) is 0. The first-order valence-electron chi connectivity index (χ1n) is 5.66. The number of nitrogens with two attached hydrogens (primary N) is 1. The zero-order valence-corrected chi connectivity index (χ0v) is 11.3. The highest BCUT2D eigenvalue weighted by Crippen LogP contribution is 2.19. The second-order valence-electron chi connectivity index (χ2n) is 5.09. The van der Waals surface area contributed by atoms with Crippen LogP contribution in [0.1, 0.15) is 20.3 Å². The molecule has 0 bridgehead atoms. The van der Waals surface area contributed by atoms with Gasteiger partial charge in [0.05, 0.1) is 11.5 Å². The number of carbonyl (C=O) groups is 1. The maximum absolute atomic E-state index is 11.9. The van der Waals surface area contributed by atoms with Gasteiger partial charge in [0.25, 0.3) is 0 Å². The van der Waals surface area contributed by atoms with E-state index in [1.54, 1.807) is 0 Å². The first-order valence-corrected chi connectivity index (χ1v) is 7.48. The second kappa shape index (κ2) is 5.13. The maximum Gasteiger partial charge on any atom is 0.233 e. The van der Waals surface area contributed by atoms with Gasteiger partial charge in [0.1, 0.15) is 5.41 Å². The highest BCUT2D eigenvalue weighted by Gasteiger charge is 2.34. The van der Waals surface area contributed by atoms with E-state index in [2.05, 4.69) is 10.5 Å². The molecule has 1 aliphatic rings. The van der Waals surface area contributed by atoms with Crippen LogP contribution in [0.4, 0.5) is 0 Å². The van der Waals surface area contributed by atoms with E-state index in [9.17, 15) is 13.2 Å². The predicted octanol–water partition coefficient (Wildman–Crippen LogP) is -0.690. The van der Waals surface area contributed by atoms with Crippen LogP contribution in [-0.4, -0.2) is 43.4 Å². The Morgan fingerprint density at radius 2 is 2.17 bits per heavy atom. The van der Waals surface area contributed by atoms with Crippen molar-refractivity contribution >= 4 is 21.6 Å². The Morgan fingerprint density at radius 1 is 1.56 bits per heavy atom. The molecule has 0 radical (unpaired) electrons. The van der Waals surface area contributed by atoms with Gasteiger partial charge < -0.3 is 16.3 Å². The van der Waals surface area contributed by atoms with Gasteiger partial charge in [0.2, 0.25) is 5.91 Å². The molecule has 0 aromatic heterocycles. The number of nitrogens with zero attached hydrogens (tertiary/aromatic N) is 1. The Bertz CT molecular complexity index is 456. The van der Waals surface area contributed by atoms with Crippen LogP contribution in [0.15, 0.2) is 5.16 Å². The van der Waals surface area contributed by atoms with Crippen molar-refractivity contribution in [1.82, 2.24) is 5.32 Å². The average molecular weight is 277 g/mol. The van der Waals surface area contributed by atoms with Crippen LogP contribution < -0.4 is 11.1 Å². The number of amidine groups is 1. The molecular weight excluding hydrogens is 258 g/mol. The third-order valence-corrected chi connectivity index (χ3v) is 5.03. The Hall–Kier alpha value is -1.31. The van der Waals surface area contributed by atoms with E-state index in [1.807, 2.05) is 0 Å². The van der Waals surface area contributed by atoms with Gasteiger partial charge in [-0.3, -0.25) is 4.79 Å². The monoisotopic (exact) mass is 277 g/mol. The minimum absolute atomic E-state index is 0.0537. The number of carbonyl (C=O) groups excluding carboxylic acids is 1. The van der Waals surface area contributed by atoms with Crippen LogP contribution in [-0.2, 0) is 14.6 Å².